The van der Waals surface area contributed by atoms with Crippen molar-refractivity contribution >= 4 is 5.69 Å². The van der Waals surface area contributed by atoms with E-state index in [0.29, 0.717) is 6.04 Å². The normalized spacial score (nSPS) is 23.9. The molecule has 1 fully saturated rings. The van der Waals surface area contributed by atoms with Crippen molar-refractivity contribution in [1.29, 1.82) is 0 Å². The van der Waals surface area contributed by atoms with Crippen LogP contribution in [-0.2, 0) is 6.42 Å². The quantitative estimate of drug-likeness (QED) is 0.876. The van der Waals surface area contributed by atoms with Gasteiger partial charge in [0, 0.05) is 24.8 Å². The summed E-state index contributed by atoms with van der Waals surface area (Å²) in [5.74, 6) is 0.726. The Labute approximate surface area is 111 Å². The Morgan fingerprint density at radius 1 is 1.22 bits per heavy atom. The van der Waals surface area contributed by atoms with Crippen LogP contribution in [0.1, 0.15) is 12.5 Å². The van der Waals surface area contributed by atoms with Crippen LogP contribution in [0.5, 0.6) is 0 Å². The molecule has 3 nitrogen and oxygen atoms in total. The van der Waals surface area contributed by atoms with Crippen LogP contribution < -0.4 is 10.6 Å². The molecule has 0 bridgehead atoms. The second-order valence-corrected chi connectivity index (χ2v) is 5.62. The molecule has 1 aliphatic rings. The van der Waals surface area contributed by atoms with E-state index in [0.717, 1.165) is 32.0 Å². The van der Waals surface area contributed by atoms with Gasteiger partial charge in [-0.25, -0.2) is 0 Å². The molecule has 1 heterocycles. The first-order valence-corrected chi connectivity index (χ1v) is 6.82. The van der Waals surface area contributed by atoms with Crippen LogP contribution in [0, 0.1) is 5.92 Å². The first-order valence-electron chi connectivity index (χ1n) is 6.82. The van der Waals surface area contributed by atoms with Crippen LogP contribution in [-0.4, -0.2) is 44.7 Å². The molecule has 0 amide bonds. The SMILES string of the molecule is CC1CN(c2ccc(CCN)cc2)CC1N(C)C. The standard InChI is InChI=1S/C15H25N3/c1-12-10-18(11-15(12)17(2)3)14-6-4-13(5-7-14)8-9-16/h4-7,12,15H,8-11,16H2,1-3H3. The molecule has 2 atom stereocenters. The minimum absolute atomic E-state index is 0.661. The van der Waals surface area contributed by atoms with Gasteiger partial charge < -0.3 is 15.5 Å². The summed E-state index contributed by atoms with van der Waals surface area (Å²) in [5, 5.41) is 0. The number of hydrogen-bond acceptors (Lipinski definition) is 3. The van der Waals surface area contributed by atoms with Crippen molar-refractivity contribution in [2.45, 2.75) is 19.4 Å². The Balaban J connectivity index is 2.04. The molecular weight excluding hydrogens is 222 g/mol. The van der Waals surface area contributed by atoms with Crippen molar-refractivity contribution in [2.24, 2.45) is 11.7 Å². The highest BCUT2D eigenvalue weighted by atomic mass is 15.2. The van der Waals surface area contributed by atoms with Gasteiger partial charge in [0.1, 0.15) is 0 Å². The number of nitrogens with zero attached hydrogens (tertiary/aromatic N) is 2. The Morgan fingerprint density at radius 2 is 1.89 bits per heavy atom. The number of nitrogens with two attached hydrogens (primary N) is 1. The van der Waals surface area contributed by atoms with E-state index in [1.807, 2.05) is 0 Å². The maximum absolute atomic E-state index is 5.57. The molecule has 2 N–H and O–H groups in total. The third-order valence-corrected chi connectivity index (χ3v) is 3.97. The van der Waals surface area contributed by atoms with E-state index in [9.17, 15) is 0 Å². The fraction of sp³-hybridized carbons (Fsp3) is 0.600. The lowest BCUT2D eigenvalue weighted by molar-refractivity contribution is 0.266. The first-order chi connectivity index (χ1) is 8.61. The van der Waals surface area contributed by atoms with Crippen molar-refractivity contribution in [2.75, 3.05) is 38.6 Å². The van der Waals surface area contributed by atoms with Gasteiger partial charge in [-0.3, -0.25) is 0 Å². The molecule has 0 radical (unpaired) electrons. The Hall–Kier alpha value is -1.06. The van der Waals surface area contributed by atoms with Crippen LogP contribution in [0.25, 0.3) is 0 Å². The predicted molar refractivity (Wildman–Crippen MR) is 78.1 cm³/mol. The molecule has 0 aromatic heterocycles. The van der Waals surface area contributed by atoms with E-state index in [1.165, 1.54) is 11.3 Å². The molecule has 1 aromatic carbocycles. The zero-order valence-corrected chi connectivity index (χ0v) is 11.8. The first kappa shape index (κ1) is 13.4. The van der Waals surface area contributed by atoms with Crippen molar-refractivity contribution in [3.63, 3.8) is 0 Å². The van der Waals surface area contributed by atoms with Crippen molar-refractivity contribution in [3.8, 4) is 0 Å². The molecular formula is C15H25N3. The van der Waals surface area contributed by atoms with Crippen LogP contribution in [0.3, 0.4) is 0 Å². The minimum Gasteiger partial charge on any atom is -0.370 e. The van der Waals surface area contributed by atoms with Gasteiger partial charge in [-0.1, -0.05) is 19.1 Å². The molecule has 3 heteroatoms. The van der Waals surface area contributed by atoms with Gasteiger partial charge in [0.2, 0.25) is 0 Å². The summed E-state index contributed by atoms with van der Waals surface area (Å²) in [4.78, 5) is 4.83. The van der Waals surface area contributed by atoms with Crippen molar-refractivity contribution in [3.05, 3.63) is 29.8 Å². The fourth-order valence-electron chi connectivity index (χ4n) is 2.87. The lowest BCUT2D eigenvalue weighted by Gasteiger charge is -2.23. The second-order valence-electron chi connectivity index (χ2n) is 5.62. The third-order valence-electron chi connectivity index (χ3n) is 3.97. The summed E-state index contributed by atoms with van der Waals surface area (Å²) >= 11 is 0. The number of benzene rings is 1. The molecule has 2 rings (SSSR count). The van der Waals surface area contributed by atoms with Crippen LogP contribution in [0.2, 0.25) is 0 Å². The van der Waals surface area contributed by atoms with Gasteiger partial charge >= 0.3 is 0 Å². The third kappa shape index (κ3) is 2.85. The van der Waals surface area contributed by atoms with Gasteiger partial charge in [0.05, 0.1) is 0 Å². The summed E-state index contributed by atoms with van der Waals surface area (Å²) in [6.45, 7) is 5.35. The highest BCUT2D eigenvalue weighted by molar-refractivity contribution is 5.49. The Kier molecular flexibility index (Phi) is 4.25. The van der Waals surface area contributed by atoms with Crippen LogP contribution >= 0.6 is 0 Å². The largest absolute Gasteiger partial charge is 0.370 e. The molecule has 1 saturated heterocycles. The summed E-state index contributed by atoms with van der Waals surface area (Å²) < 4.78 is 0. The maximum Gasteiger partial charge on any atom is 0.0367 e. The molecule has 1 aromatic rings. The molecule has 100 valence electrons. The summed E-state index contributed by atoms with van der Waals surface area (Å²) in [6, 6.07) is 9.53. The van der Waals surface area contributed by atoms with Gasteiger partial charge in [-0.05, 0) is 50.7 Å². The van der Waals surface area contributed by atoms with Crippen LogP contribution in [0.4, 0.5) is 5.69 Å². The molecule has 0 saturated carbocycles. The smallest absolute Gasteiger partial charge is 0.0367 e. The maximum atomic E-state index is 5.57. The van der Waals surface area contributed by atoms with Crippen LogP contribution in [0.15, 0.2) is 24.3 Å². The highest BCUT2D eigenvalue weighted by Crippen LogP contribution is 2.26. The lowest BCUT2D eigenvalue weighted by Crippen LogP contribution is -2.34. The zero-order chi connectivity index (χ0) is 13.1. The summed E-state index contributed by atoms with van der Waals surface area (Å²) in [5.41, 5.74) is 8.25. The number of anilines is 1. The molecule has 0 spiro atoms. The van der Waals surface area contributed by atoms with Gasteiger partial charge in [0.15, 0.2) is 0 Å². The minimum atomic E-state index is 0.661. The second kappa shape index (κ2) is 5.72. The van der Waals surface area contributed by atoms with Crippen molar-refractivity contribution in [1.82, 2.24) is 4.90 Å². The van der Waals surface area contributed by atoms with E-state index < -0.39 is 0 Å². The number of hydrogen-bond donors (Lipinski definition) is 1. The van der Waals surface area contributed by atoms with E-state index in [1.54, 1.807) is 0 Å². The van der Waals surface area contributed by atoms with E-state index in [2.05, 4.69) is 55.1 Å². The highest BCUT2D eigenvalue weighted by Gasteiger charge is 2.30. The van der Waals surface area contributed by atoms with Crippen molar-refractivity contribution < 1.29 is 0 Å². The van der Waals surface area contributed by atoms with E-state index in [4.69, 9.17) is 5.73 Å². The van der Waals surface area contributed by atoms with E-state index >= 15 is 0 Å². The molecule has 18 heavy (non-hydrogen) atoms. The summed E-state index contributed by atoms with van der Waals surface area (Å²) in [6.07, 6.45) is 0.969. The fourth-order valence-corrected chi connectivity index (χ4v) is 2.87. The van der Waals surface area contributed by atoms with Gasteiger partial charge in [0.25, 0.3) is 0 Å². The molecule has 0 aliphatic carbocycles. The monoisotopic (exact) mass is 247 g/mol. The van der Waals surface area contributed by atoms with Gasteiger partial charge in [-0.15, -0.1) is 0 Å². The molecule has 1 aliphatic heterocycles. The summed E-state index contributed by atoms with van der Waals surface area (Å²) in [7, 11) is 4.35. The zero-order valence-electron chi connectivity index (χ0n) is 11.8. The van der Waals surface area contributed by atoms with Gasteiger partial charge in [-0.2, -0.15) is 0 Å². The average Bonchev–Trinajstić information content (AvgIpc) is 2.73. The number of likely N-dealkylation sites (N-methyl/N-ethyl adjacent to an activating group) is 1. The lowest BCUT2D eigenvalue weighted by atomic mass is 10.1. The van der Waals surface area contributed by atoms with E-state index in [-0.39, 0.29) is 0 Å². The number of rotatable bonds is 4. The molecule has 2 unspecified atom stereocenters. The predicted octanol–water partition coefficient (Wildman–Crippen LogP) is 1.57. The average molecular weight is 247 g/mol. The topological polar surface area (TPSA) is 32.5 Å². The Morgan fingerprint density at radius 3 is 2.39 bits per heavy atom. The Bertz CT molecular complexity index is 372.